The van der Waals surface area contributed by atoms with Crippen molar-refractivity contribution >= 4 is 15.9 Å². The molecule has 1 saturated carbocycles. The lowest BCUT2D eigenvalue weighted by atomic mass is 10.1. The quantitative estimate of drug-likeness (QED) is 0.665. The van der Waals surface area contributed by atoms with E-state index in [1.54, 1.807) is 18.2 Å². The second kappa shape index (κ2) is 9.56. The summed E-state index contributed by atoms with van der Waals surface area (Å²) in [4.78, 5) is 15.2. The van der Waals surface area contributed by atoms with Gasteiger partial charge in [-0.05, 0) is 69.3 Å². The second-order valence-corrected chi connectivity index (χ2v) is 11.5. The van der Waals surface area contributed by atoms with Gasteiger partial charge in [-0.3, -0.25) is 9.69 Å². The van der Waals surface area contributed by atoms with Gasteiger partial charge in [-0.15, -0.1) is 0 Å². The SMILES string of the molecule is O=C(NC1CCN(S(=O)(=O)c2ccc(CN3CCCCC3)cc2)CC1)c1cc(C2CC2)on1. The number of aromatic nitrogens is 1. The van der Waals surface area contributed by atoms with Crippen LogP contribution in [0.3, 0.4) is 0 Å². The van der Waals surface area contributed by atoms with Crippen LogP contribution < -0.4 is 5.32 Å². The monoisotopic (exact) mass is 472 g/mol. The minimum Gasteiger partial charge on any atom is -0.360 e. The Morgan fingerprint density at radius 1 is 1.00 bits per heavy atom. The Kier molecular flexibility index (Phi) is 6.53. The molecule has 33 heavy (non-hydrogen) atoms. The van der Waals surface area contributed by atoms with E-state index < -0.39 is 10.0 Å². The molecule has 0 bridgehead atoms. The molecule has 3 fully saturated rings. The largest absolute Gasteiger partial charge is 0.360 e. The number of carbonyl (C=O) groups excluding carboxylic acids is 1. The first-order valence-corrected chi connectivity index (χ1v) is 13.5. The molecular weight excluding hydrogens is 440 g/mol. The highest BCUT2D eigenvalue weighted by atomic mass is 32.2. The minimum absolute atomic E-state index is 0.0723. The smallest absolute Gasteiger partial charge is 0.273 e. The van der Waals surface area contributed by atoms with Gasteiger partial charge in [0, 0.05) is 37.7 Å². The lowest BCUT2D eigenvalue weighted by Gasteiger charge is -2.31. The number of amides is 1. The molecule has 1 aliphatic carbocycles. The minimum atomic E-state index is -3.54. The molecule has 3 aliphatic rings. The van der Waals surface area contributed by atoms with Gasteiger partial charge in [0.05, 0.1) is 4.90 Å². The van der Waals surface area contributed by atoms with Gasteiger partial charge in [0.2, 0.25) is 10.0 Å². The number of benzene rings is 1. The van der Waals surface area contributed by atoms with Crippen LogP contribution in [0.25, 0.3) is 0 Å². The van der Waals surface area contributed by atoms with Crippen molar-refractivity contribution < 1.29 is 17.7 Å². The summed E-state index contributed by atoms with van der Waals surface area (Å²) >= 11 is 0. The van der Waals surface area contributed by atoms with Crippen LogP contribution >= 0.6 is 0 Å². The molecule has 5 rings (SSSR count). The Bertz CT molecular complexity index is 1060. The summed E-state index contributed by atoms with van der Waals surface area (Å²) in [6.07, 6.45) is 7.10. The van der Waals surface area contributed by atoms with E-state index in [4.69, 9.17) is 4.52 Å². The zero-order chi connectivity index (χ0) is 22.8. The highest BCUT2D eigenvalue weighted by Crippen LogP contribution is 2.40. The van der Waals surface area contributed by atoms with E-state index in [9.17, 15) is 13.2 Å². The molecule has 0 atom stereocenters. The Hall–Kier alpha value is -2.23. The first-order valence-electron chi connectivity index (χ1n) is 12.1. The standard InChI is InChI=1S/C24H32N4O4S/c29-24(22-16-23(32-26-22)19-6-7-19)25-20-10-14-28(15-11-20)33(30,31)21-8-4-18(5-9-21)17-27-12-2-1-3-13-27/h4-5,8-9,16,19-20H,1-3,6-7,10-15,17H2,(H,25,29). The Morgan fingerprint density at radius 2 is 1.70 bits per heavy atom. The Morgan fingerprint density at radius 3 is 2.36 bits per heavy atom. The van der Waals surface area contributed by atoms with Crippen molar-refractivity contribution in [2.75, 3.05) is 26.2 Å². The van der Waals surface area contributed by atoms with Gasteiger partial charge in [0.25, 0.3) is 5.91 Å². The molecule has 0 radical (unpaired) electrons. The summed E-state index contributed by atoms with van der Waals surface area (Å²) in [5.41, 5.74) is 1.45. The summed E-state index contributed by atoms with van der Waals surface area (Å²) in [6, 6.07) is 8.97. The van der Waals surface area contributed by atoms with Gasteiger partial charge >= 0.3 is 0 Å². The van der Waals surface area contributed by atoms with Crippen molar-refractivity contribution in [1.29, 1.82) is 0 Å². The number of sulfonamides is 1. The van der Waals surface area contributed by atoms with Gasteiger partial charge in [-0.1, -0.05) is 23.7 Å². The fourth-order valence-corrected chi connectivity index (χ4v) is 6.22. The van der Waals surface area contributed by atoms with Gasteiger partial charge in [-0.2, -0.15) is 4.31 Å². The number of likely N-dealkylation sites (tertiary alicyclic amines) is 1. The molecule has 0 unspecified atom stereocenters. The topological polar surface area (TPSA) is 95.8 Å². The number of piperidine rings is 2. The molecule has 2 aliphatic heterocycles. The third-order valence-electron chi connectivity index (χ3n) is 6.95. The maximum absolute atomic E-state index is 13.1. The van der Waals surface area contributed by atoms with Crippen LogP contribution in [-0.2, 0) is 16.6 Å². The van der Waals surface area contributed by atoms with Crippen LogP contribution in [0.1, 0.15) is 72.7 Å². The third kappa shape index (κ3) is 5.31. The van der Waals surface area contributed by atoms with Crippen molar-refractivity contribution in [3.05, 3.63) is 47.3 Å². The van der Waals surface area contributed by atoms with Crippen LogP contribution in [0, 0.1) is 0 Å². The van der Waals surface area contributed by atoms with Gasteiger partial charge < -0.3 is 9.84 Å². The average Bonchev–Trinajstić information content (AvgIpc) is 3.56. The molecular formula is C24H32N4O4S. The fraction of sp³-hybridized carbons (Fsp3) is 0.583. The van der Waals surface area contributed by atoms with E-state index >= 15 is 0 Å². The molecule has 178 valence electrons. The van der Waals surface area contributed by atoms with E-state index in [1.807, 2.05) is 12.1 Å². The number of carbonyl (C=O) groups is 1. The Labute approximate surface area is 195 Å². The van der Waals surface area contributed by atoms with Crippen LogP contribution in [-0.4, -0.2) is 60.9 Å². The number of nitrogens with one attached hydrogen (secondary N) is 1. The van der Waals surface area contributed by atoms with E-state index in [-0.39, 0.29) is 11.9 Å². The first-order chi connectivity index (χ1) is 16.0. The summed E-state index contributed by atoms with van der Waals surface area (Å²) in [5.74, 6) is 0.936. The maximum atomic E-state index is 13.1. The second-order valence-electron chi connectivity index (χ2n) is 9.52. The number of nitrogens with zero attached hydrogens (tertiary/aromatic N) is 3. The highest BCUT2D eigenvalue weighted by Gasteiger charge is 2.32. The van der Waals surface area contributed by atoms with Crippen molar-refractivity contribution in [2.24, 2.45) is 0 Å². The highest BCUT2D eigenvalue weighted by molar-refractivity contribution is 7.89. The summed E-state index contributed by atoms with van der Waals surface area (Å²) in [5, 5.41) is 6.86. The van der Waals surface area contributed by atoms with Crippen molar-refractivity contribution in [1.82, 2.24) is 19.7 Å². The van der Waals surface area contributed by atoms with E-state index in [0.717, 1.165) is 43.8 Å². The van der Waals surface area contributed by atoms with Crippen LogP contribution in [0.2, 0.25) is 0 Å². The van der Waals surface area contributed by atoms with E-state index in [1.165, 1.54) is 23.6 Å². The average molecular weight is 473 g/mol. The van der Waals surface area contributed by atoms with E-state index in [2.05, 4.69) is 15.4 Å². The molecule has 9 heteroatoms. The molecule has 2 saturated heterocycles. The predicted molar refractivity (Wildman–Crippen MR) is 123 cm³/mol. The van der Waals surface area contributed by atoms with Crippen molar-refractivity contribution in [3.8, 4) is 0 Å². The van der Waals surface area contributed by atoms with Gasteiger partial charge in [0.15, 0.2) is 5.69 Å². The van der Waals surface area contributed by atoms with Gasteiger partial charge in [-0.25, -0.2) is 8.42 Å². The van der Waals surface area contributed by atoms with Crippen molar-refractivity contribution in [3.63, 3.8) is 0 Å². The molecule has 1 aromatic heterocycles. The first kappa shape index (κ1) is 22.6. The normalized spacial score (nSPS) is 21.2. The summed E-state index contributed by atoms with van der Waals surface area (Å²) < 4.78 is 33.0. The molecule has 2 aromatic rings. The van der Waals surface area contributed by atoms with Crippen LogP contribution in [0.15, 0.2) is 39.8 Å². The van der Waals surface area contributed by atoms with Crippen LogP contribution in [0.4, 0.5) is 0 Å². The zero-order valence-corrected chi connectivity index (χ0v) is 19.7. The predicted octanol–water partition coefficient (Wildman–Crippen LogP) is 3.12. The van der Waals surface area contributed by atoms with E-state index in [0.29, 0.717) is 42.4 Å². The molecule has 3 heterocycles. The lowest BCUT2D eigenvalue weighted by Crippen LogP contribution is -2.46. The molecule has 1 amide bonds. The third-order valence-corrected chi connectivity index (χ3v) is 8.86. The fourth-order valence-electron chi connectivity index (χ4n) is 4.75. The number of rotatable bonds is 7. The number of hydrogen-bond acceptors (Lipinski definition) is 6. The van der Waals surface area contributed by atoms with Crippen LogP contribution in [0.5, 0.6) is 0 Å². The summed E-state index contributed by atoms with van der Waals surface area (Å²) in [6.45, 7) is 3.87. The molecule has 0 spiro atoms. The number of hydrogen-bond donors (Lipinski definition) is 1. The maximum Gasteiger partial charge on any atom is 0.273 e. The van der Waals surface area contributed by atoms with Gasteiger partial charge in [0.1, 0.15) is 5.76 Å². The molecule has 8 nitrogen and oxygen atoms in total. The lowest BCUT2D eigenvalue weighted by molar-refractivity contribution is 0.0914. The molecule has 1 aromatic carbocycles. The summed E-state index contributed by atoms with van der Waals surface area (Å²) in [7, 11) is -3.54. The molecule has 1 N–H and O–H groups in total. The van der Waals surface area contributed by atoms with Crippen molar-refractivity contribution in [2.45, 2.75) is 68.3 Å². The Balaban J connectivity index is 1.13. The zero-order valence-electron chi connectivity index (χ0n) is 18.9.